The highest BCUT2D eigenvalue weighted by molar-refractivity contribution is 7.80. The number of aromatic amines is 1. The zero-order valence-corrected chi connectivity index (χ0v) is 21.1. The molecule has 2 aromatic carbocycles. The fourth-order valence-electron chi connectivity index (χ4n) is 4.60. The first kappa shape index (κ1) is 24.5. The summed E-state index contributed by atoms with van der Waals surface area (Å²) in [5, 5.41) is 4.98. The molecule has 36 heavy (non-hydrogen) atoms. The summed E-state index contributed by atoms with van der Waals surface area (Å²) in [5.41, 5.74) is 2.54. The second kappa shape index (κ2) is 11.7. The van der Waals surface area contributed by atoms with Gasteiger partial charge in [-0.15, -0.1) is 0 Å². The Morgan fingerprint density at radius 1 is 1.08 bits per heavy atom. The van der Waals surface area contributed by atoms with E-state index in [0.29, 0.717) is 28.7 Å². The molecule has 1 aromatic heterocycles. The summed E-state index contributed by atoms with van der Waals surface area (Å²) in [7, 11) is 0. The molecule has 0 amide bonds. The van der Waals surface area contributed by atoms with Crippen LogP contribution < -0.4 is 20.3 Å². The van der Waals surface area contributed by atoms with Crippen molar-refractivity contribution in [3.05, 3.63) is 70.0 Å². The van der Waals surface area contributed by atoms with E-state index in [1.54, 1.807) is 0 Å². The van der Waals surface area contributed by atoms with E-state index in [-0.39, 0.29) is 12.4 Å². The van der Waals surface area contributed by atoms with Gasteiger partial charge in [0, 0.05) is 49.7 Å². The quantitative estimate of drug-likeness (QED) is 0.428. The molecule has 0 atom stereocenters. The second-order valence-corrected chi connectivity index (χ2v) is 9.50. The minimum atomic E-state index is -0.119. The molecule has 2 aliphatic rings. The zero-order valence-electron chi connectivity index (χ0n) is 20.3. The van der Waals surface area contributed by atoms with Gasteiger partial charge in [0.2, 0.25) is 6.79 Å². The number of thiocarbonyl (C=S) groups is 1. The van der Waals surface area contributed by atoms with Crippen LogP contribution in [0.5, 0.6) is 11.5 Å². The molecule has 3 aromatic rings. The normalized spacial score (nSPS) is 15.2. The summed E-state index contributed by atoms with van der Waals surface area (Å²) >= 11 is 5.80. The second-order valence-electron chi connectivity index (χ2n) is 9.11. The molecule has 0 saturated carbocycles. The SMILES string of the molecule is O=c1[nH]c2cc3c(cc2cc1CN(CCCN1CCOCC1)C(=S)NCCc1ccccc1)OCO3. The lowest BCUT2D eigenvalue weighted by Crippen LogP contribution is -2.43. The minimum Gasteiger partial charge on any atom is -0.454 e. The van der Waals surface area contributed by atoms with Gasteiger partial charge >= 0.3 is 0 Å². The maximum atomic E-state index is 13.0. The molecule has 2 N–H and O–H groups in total. The van der Waals surface area contributed by atoms with E-state index in [1.165, 1.54) is 5.56 Å². The number of ether oxygens (including phenoxy) is 3. The number of H-pyrrole nitrogens is 1. The predicted octanol–water partition coefficient (Wildman–Crippen LogP) is 2.90. The monoisotopic (exact) mass is 508 g/mol. The van der Waals surface area contributed by atoms with Gasteiger partial charge in [0.15, 0.2) is 16.6 Å². The lowest BCUT2D eigenvalue weighted by Gasteiger charge is -2.29. The molecule has 8 nitrogen and oxygen atoms in total. The van der Waals surface area contributed by atoms with Crippen molar-refractivity contribution < 1.29 is 14.2 Å². The first-order valence-electron chi connectivity index (χ1n) is 12.5. The summed E-state index contributed by atoms with van der Waals surface area (Å²) in [6.45, 7) is 6.59. The summed E-state index contributed by atoms with van der Waals surface area (Å²) in [6, 6.07) is 16.0. The number of rotatable bonds is 9. The molecule has 190 valence electrons. The van der Waals surface area contributed by atoms with Crippen LogP contribution in [0.4, 0.5) is 0 Å². The lowest BCUT2D eigenvalue weighted by molar-refractivity contribution is 0.0367. The van der Waals surface area contributed by atoms with Gasteiger partial charge in [0.25, 0.3) is 5.56 Å². The number of benzene rings is 2. The van der Waals surface area contributed by atoms with Gasteiger partial charge in [0.1, 0.15) is 0 Å². The van der Waals surface area contributed by atoms with Crippen molar-refractivity contribution in [1.82, 2.24) is 20.1 Å². The standard InChI is InChI=1S/C27H32N4O4S/c32-26-22(15-21-16-24-25(35-19-34-24)17-23(21)29-26)18-31(10-4-9-30-11-13-33-14-12-30)27(36)28-8-7-20-5-2-1-3-6-20/h1-3,5-6,15-17H,4,7-14,18-19H2,(H,28,36)(H,29,32). The van der Waals surface area contributed by atoms with Crippen LogP contribution >= 0.6 is 12.2 Å². The Hall–Kier alpha value is -3.14. The number of hydrogen-bond acceptors (Lipinski definition) is 6. The average Bonchev–Trinajstić information content (AvgIpc) is 3.35. The molecule has 1 saturated heterocycles. The van der Waals surface area contributed by atoms with Gasteiger partial charge in [-0.2, -0.15) is 0 Å². The summed E-state index contributed by atoms with van der Waals surface area (Å²) in [5.74, 6) is 1.35. The third-order valence-corrected chi connectivity index (χ3v) is 7.00. The van der Waals surface area contributed by atoms with Crippen LogP contribution in [0.3, 0.4) is 0 Å². The minimum absolute atomic E-state index is 0.119. The summed E-state index contributed by atoms with van der Waals surface area (Å²) in [4.78, 5) is 20.5. The van der Waals surface area contributed by atoms with E-state index in [1.807, 2.05) is 36.4 Å². The summed E-state index contributed by atoms with van der Waals surface area (Å²) in [6.07, 6.45) is 1.83. The average molecular weight is 509 g/mol. The molecule has 3 heterocycles. The number of morpholine rings is 1. The molecule has 5 rings (SSSR count). The first-order chi connectivity index (χ1) is 17.7. The molecule has 0 unspecified atom stereocenters. The maximum Gasteiger partial charge on any atom is 0.253 e. The predicted molar refractivity (Wildman–Crippen MR) is 144 cm³/mol. The van der Waals surface area contributed by atoms with Crippen molar-refractivity contribution in [2.75, 3.05) is 52.7 Å². The van der Waals surface area contributed by atoms with Crippen LogP contribution in [0.2, 0.25) is 0 Å². The van der Waals surface area contributed by atoms with Gasteiger partial charge in [-0.1, -0.05) is 30.3 Å². The molecular weight excluding hydrogens is 476 g/mol. The molecule has 0 bridgehead atoms. The Kier molecular flexibility index (Phi) is 8.00. The van der Waals surface area contributed by atoms with Gasteiger partial charge in [-0.05, 0) is 42.8 Å². The van der Waals surface area contributed by atoms with Crippen molar-refractivity contribution in [3.8, 4) is 11.5 Å². The van der Waals surface area contributed by atoms with Gasteiger partial charge < -0.3 is 29.4 Å². The van der Waals surface area contributed by atoms with Gasteiger partial charge in [-0.3, -0.25) is 9.69 Å². The van der Waals surface area contributed by atoms with Gasteiger partial charge in [-0.25, -0.2) is 0 Å². The van der Waals surface area contributed by atoms with E-state index < -0.39 is 0 Å². The molecule has 0 spiro atoms. The molecule has 2 aliphatic heterocycles. The number of pyridine rings is 1. The van der Waals surface area contributed by atoms with Crippen molar-refractivity contribution in [2.24, 2.45) is 0 Å². The van der Waals surface area contributed by atoms with Gasteiger partial charge in [0.05, 0.1) is 25.3 Å². The Balaban J connectivity index is 1.28. The zero-order chi connectivity index (χ0) is 24.7. The van der Waals surface area contributed by atoms with Crippen LogP contribution in [-0.4, -0.2) is 72.6 Å². The van der Waals surface area contributed by atoms with Crippen LogP contribution in [0.15, 0.2) is 53.3 Å². The largest absolute Gasteiger partial charge is 0.454 e. The highest BCUT2D eigenvalue weighted by Gasteiger charge is 2.18. The third-order valence-electron chi connectivity index (χ3n) is 6.60. The highest BCUT2D eigenvalue weighted by atomic mass is 32.1. The third kappa shape index (κ3) is 6.16. The van der Waals surface area contributed by atoms with Crippen LogP contribution in [0.25, 0.3) is 10.9 Å². The van der Waals surface area contributed by atoms with E-state index in [0.717, 1.165) is 69.7 Å². The number of fused-ring (bicyclic) bond motifs is 2. The molecular formula is C27H32N4O4S. The van der Waals surface area contributed by atoms with E-state index in [4.69, 9.17) is 26.4 Å². The smallest absolute Gasteiger partial charge is 0.253 e. The van der Waals surface area contributed by atoms with Crippen LogP contribution in [-0.2, 0) is 17.7 Å². The highest BCUT2D eigenvalue weighted by Crippen LogP contribution is 2.35. The maximum absolute atomic E-state index is 13.0. The Labute approximate surface area is 216 Å². The Bertz CT molecular complexity index is 1240. The first-order valence-corrected chi connectivity index (χ1v) is 12.9. The van der Waals surface area contributed by atoms with Crippen molar-refractivity contribution in [3.63, 3.8) is 0 Å². The Morgan fingerprint density at radius 3 is 2.67 bits per heavy atom. The summed E-state index contributed by atoms with van der Waals surface area (Å²) < 4.78 is 16.4. The van der Waals surface area contributed by atoms with Crippen molar-refractivity contribution >= 4 is 28.2 Å². The fraction of sp³-hybridized carbons (Fsp3) is 0.407. The van der Waals surface area contributed by atoms with E-state index in [9.17, 15) is 4.79 Å². The Morgan fingerprint density at radius 2 is 1.86 bits per heavy atom. The molecule has 0 aliphatic carbocycles. The number of nitrogens with one attached hydrogen (secondary N) is 2. The number of nitrogens with zero attached hydrogens (tertiary/aromatic N) is 2. The van der Waals surface area contributed by atoms with Crippen molar-refractivity contribution in [2.45, 2.75) is 19.4 Å². The number of aromatic nitrogens is 1. The van der Waals surface area contributed by atoms with Crippen LogP contribution in [0, 0.1) is 0 Å². The van der Waals surface area contributed by atoms with E-state index >= 15 is 0 Å². The van der Waals surface area contributed by atoms with Crippen LogP contribution in [0.1, 0.15) is 17.5 Å². The number of hydrogen-bond donors (Lipinski definition) is 2. The lowest BCUT2D eigenvalue weighted by atomic mass is 10.1. The molecule has 0 radical (unpaired) electrons. The fourth-order valence-corrected chi connectivity index (χ4v) is 4.85. The topological polar surface area (TPSA) is 79.1 Å². The van der Waals surface area contributed by atoms with Crippen molar-refractivity contribution in [1.29, 1.82) is 0 Å². The molecule has 9 heteroatoms. The molecule has 1 fully saturated rings. The van der Waals surface area contributed by atoms with E-state index in [2.05, 4.69) is 32.2 Å².